The zero-order valence-electron chi connectivity index (χ0n) is 19.5. The summed E-state index contributed by atoms with van der Waals surface area (Å²) in [5.74, 6) is -1.56. The van der Waals surface area contributed by atoms with Crippen molar-refractivity contribution < 1.29 is 24.2 Å². The van der Waals surface area contributed by atoms with Gasteiger partial charge in [0.2, 0.25) is 5.91 Å². The summed E-state index contributed by atoms with van der Waals surface area (Å²) in [6.07, 6.45) is 3.07. The highest BCUT2D eigenvalue weighted by Gasteiger charge is 2.29. The van der Waals surface area contributed by atoms with E-state index in [1.807, 2.05) is 31.2 Å². The number of alkyl carbamates (subject to hydrolysis) is 1. The summed E-state index contributed by atoms with van der Waals surface area (Å²) in [5.41, 5.74) is 4.55. The standard InChI is InChI=1S/C27H32N2O5/c1-3-5-15-24(26(31)32)29-25(30)16-18(10-4-2)28-27(33)34-17-23-21-13-8-6-11-19(21)20-12-7-9-14-22(20)23/h3,6-9,11-14,18,23-24H,1,4-5,10,15-17H2,2H3,(H,28,33)(H,29,30)(H,31,32)/t18-,24?/m0/s1. The number of amides is 2. The lowest BCUT2D eigenvalue weighted by Crippen LogP contribution is -2.44. The molecule has 180 valence electrons. The van der Waals surface area contributed by atoms with Gasteiger partial charge in [-0.2, -0.15) is 0 Å². The molecule has 1 aliphatic rings. The van der Waals surface area contributed by atoms with Gasteiger partial charge < -0.3 is 20.5 Å². The van der Waals surface area contributed by atoms with E-state index < -0.39 is 30.1 Å². The Morgan fingerprint density at radius 1 is 1.03 bits per heavy atom. The number of aliphatic carboxylic acids is 1. The fraction of sp³-hybridized carbons (Fsp3) is 0.370. The average molecular weight is 465 g/mol. The van der Waals surface area contributed by atoms with E-state index in [4.69, 9.17) is 4.74 Å². The number of ether oxygens (including phenoxy) is 1. The summed E-state index contributed by atoms with van der Waals surface area (Å²) in [7, 11) is 0. The second-order valence-corrected chi connectivity index (χ2v) is 8.48. The Kier molecular flexibility index (Phi) is 8.85. The van der Waals surface area contributed by atoms with E-state index in [1.165, 1.54) is 0 Å². The van der Waals surface area contributed by atoms with E-state index in [2.05, 4.69) is 41.5 Å². The van der Waals surface area contributed by atoms with Gasteiger partial charge in [-0.05, 0) is 41.5 Å². The number of carbonyl (C=O) groups is 3. The van der Waals surface area contributed by atoms with Crippen LogP contribution in [0.15, 0.2) is 61.2 Å². The number of hydrogen-bond acceptors (Lipinski definition) is 4. The number of nitrogens with one attached hydrogen (secondary N) is 2. The first-order chi connectivity index (χ1) is 16.4. The van der Waals surface area contributed by atoms with Gasteiger partial charge in [-0.25, -0.2) is 9.59 Å². The molecule has 0 saturated carbocycles. The van der Waals surface area contributed by atoms with Crippen LogP contribution in [0.3, 0.4) is 0 Å². The minimum absolute atomic E-state index is 0.0180. The van der Waals surface area contributed by atoms with Crippen molar-refractivity contribution in [1.29, 1.82) is 0 Å². The lowest BCUT2D eigenvalue weighted by atomic mass is 9.98. The third-order valence-electron chi connectivity index (χ3n) is 6.03. The normalized spacial score (nSPS) is 13.8. The first-order valence-corrected chi connectivity index (χ1v) is 11.7. The van der Waals surface area contributed by atoms with Crippen LogP contribution in [0, 0.1) is 0 Å². The van der Waals surface area contributed by atoms with Crippen molar-refractivity contribution in [3.05, 3.63) is 72.3 Å². The lowest BCUT2D eigenvalue weighted by Gasteiger charge is -2.20. The SMILES string of the molecule is C=CCCC(NC(=O)C[C@H](CCC)NC(=O)OCC1c2ccccc2-c2ccccc21)C(=O)O. The molecule has 2 atom stereocenters. The number of carboxylic acids is 1. The smallest absolute Gasteiger partial charge is 0.407 e. The molecule has 2 aromatic rings. The van der Waals surface area contributed by atoms with E-state index >= 15 is 0 Å². The van der Waals surface area contributed by atoms with Gasteiger partial charge in [-0.3, -0.25) is 4.79 Å². The van der Waals surface area contributed by atoms with Crippen LogP contribution >= 0.6 is 0 Å². The maximum absolute atomic E-state index is 12.6. The van der Waals surface area contributed by atoms with Crippen molar-refractivity contribution >= 4 is 18.0 Å². The molecule has 3 rings (SSSR count). The topological polar surface area (TPSA) is 105 Å². The Balaban J connectivity index is 1.57. The fourth-order valence-corrected chi connectivity index (χ4v) is 4.40. The van der Waals surface area contributed by atoms with E-state index in [-0.39, 0.29) is 25.4 Å². The van der Waals surface area contributed by atoms with Crippen molar-refractivity contribution in [2.45, 2.75) is 57.0 Å². The Morgan fingerprint density at radius 3 is 2.21 bits per heavy atom. The van der Waals surface area contributed by atoms with Crippen LogP contribution in [0.1, 0.15) is 56.1 Å². The molecule has 1 unspecified atom stereocenters. The van der Waals surface area contributed by atoms with E-state index in [9.17, 15) is 19.5 Å². The predicted octanol–water partition coefficient (Wildman–Crippen LogP) is 4.62. The predicted molar refractivity (Wildman–Crippen MR) is 131 cm³/mol. The molecular formula is C27H32N2O5. The maximum Gasteiger partial charge on any atom is 0.407 e. The van der Waals surface area contributed by atoms with Crippen molar-refractivity contribution in [3.8, 4) is 11.1 Å². The highest BCUT2D eigenvalue weighted by atomic mass is 16.5. The van der Waals surface area contributed by atoms with Crippen molar-refractivity contribution in [3.63, 3.8) is 0 Å². The van der Waals surface area contributed by atoms with Crippen LogP contribution < -0.4 is 10.6 Å². The second-order valence-electron chi connectivity index (χ2n) is 8.48. The molecule has 3 N–H and O–H groups in total. The van der Waals surface area contributed by atoms with Crippen LogP contribution in [-0.4, -0.2) is 41.8 Å². The molecule has 34 heavy (non-hydrogen) atoms. The van der Waals surface area contributed by atoms with E-state index in [0.29, 0.717) is 12.8 Å². The first kappa shape index (κ1) is 25.0. The monoisotopic (exact) mass is 464 g/mol. The summed E-state index contributed by atoms with van der Waals surface area (Å²) in [4.78, 5) is 36.4. The number of fused-ring (bicyclic) bond motifs is 3. The molecule has 1 aliphatic carbocycles. The molecule has 0 spiro atoms. The third kappa shape index (κ3) is 6.25. The quantitative estimate of drug-likeness (QED) is 0.398. The summed E-state index contributed by atoms with van der Waals surface area (Å²) in [6, 6.07) is 14.8. The molecular weight excluding hydrogens is 432 g/mol. The van der Waals surface area contributed by atoms with Gasteiger partial charge in [0.15, 0.2) is 0 Å². The van der Waals surface area contributed by atoms with Crippen molar-refractivity contribution in [2.24, 2.45) is 0 Å². The Hall–Kier alpha value is -3.61. The largest absolute Gasteiger partial charge is 0.480 e. The Bertz CT molecular complexity index is 990. The van der Waals surface area contributed by atoms with Gasteiger partial charge in [-0.1, -0.05) is 68.0 Å². The van der Waals surface area contributed by atoms with Gasteiger partial charge in [0, 0.05) is 18.4 Å². The molecule has 2 aromatic carbocycles. The highest BCUT2D eigenvalue weighted by molar-refractivity contribution is 5.84. The molecule has 0 bridgehead atoms. The lowest BCUT2D eigenvalue weighted by molar-refractivity contribution is -0.142. The molecule has 7 nitrogen and oxygen atoms in total. The summed E-state index contributed by atoms with van der Waals surface area (Å²) >= 11 is 0. The number of allylic oxidation sites excluding steroid dienone is 1. The number of benzene rings is 2. The van der Waals surface area contributed by atoms with E-state index in [0.717, 1.165) is 28.7 Å². The third-order valence-corrected chi connectivity index (χ3v) is 6.03. The van der Waals surface area contributed by atoms with Gasteiger partial charge in [-0.15, -0.1) is 6.58 Å². The molecule has 2 amide bonds. The number of hydrogen-bond donors (Lipinski definition) is 3. The number of rotatable bonds is 12. The fourth-order valence-electron chi connectivity index (χ4n) is 4.40. The van der Waals surface area contributed by atoms with Crippen LogP contribution in [0.5, 0.6) is 0 Å². The minimum Gasteiger partial charge on any atom is -0.480 e. The zero-order chi connectivity index (χ0) is 24.5. The minimum atomic E-state index is -1.09. The Labute approximate surface area is 200 Å². The van der Waals surface area contributed by atoms with Crippen molar-refractivity contribution in [1.82, 2.24) is 10.6 Å². The molecule has 0 aromatic heterocycles. The second kappa shape index (κ2) is 12.0. The zero-order valence-corrected chi connectivity index (χ0v) is 19.5. The van der Waals surface area contributed by atoms with Crippen molar-refractivity contribution in [2.75, 3.05) is 6.61 Å². The highest BCUT2D eigenvalue weighted by Crippen LogP contribution is 2.44. The van der Waals surface area contributed by atoms with Crippen LogP contribution in [-0.2, 0) is 14.3 Å². The molecule has 0 fully saturated rings. The molecule has 7 heteroatoms. The van der Waals surface area contributed by atoms with Crippen LogP contribution in [0.2, 0.25) is 0 Å². The Morgan fingerprint density at radius 2 is 1.65 bits per heavy atom. The average Bonchev–Trinajstić information content (AvgIpc) is 3.14. The first-order valence-electron chi connectivity index (χ1n) is 11.7. The van der Waals surface area contributed by atoms with Gasteiger partial charge >= 0.3 is 12.1 Å². The summed E-state index contributed by atoms with van der Waals surface area (Å²) in [5, 5.41) is 14.6. The molecule has 0 aliphatic heterocycles. The molecule has 0 heterocycles. The van der Waals surface area contributed by atoms with Gasteiger partial charge in [0.25, 0.3) is 0 Å². The number of carboxylic acid groups (broad SMARTS) is 1. The maximum atomic E-state index is 12.6. The van der Waals surface area contributed by atoms with Crippen LogP contribution in [0.4, 0.5) is 4.79 Å². The van der Waals surface area contributed by atoms with E-state index in [1.54, 1.807) is 6.08 Å². The van der Waals surface area contributed by atoms with Gasteiger partial charge in [0.1, 0.15) is 12.6 Å². The summed E-state index contributed by atoms with van der Waals surface area (Å²) in [6.45, 7) is 5.72. The van der Waals surface area contributed by atoms with Gasteiger partial charge in [0.05, 0.1) is 0 Å². The van der Waals surface area contributed by atoms with Crippen LogP contribution in [0.25, 0.3) is 11.1 Å². The molecule has 0 saturated heterocycles. The summed E-state index contributed by atoms with van der Waals surface area (Å²) < 4.78 is 5.58. The molecule has 0 radical (unpaired) electrons. The number of carbonyl (C=O) groups excluding carboxylic acids is 2.